The van der Waals surface area contributed by atoms with Crippen LogP contribution in [0.25, 0.3) is 0 Å². The standard InChI is InChI=1S/C14H22N2S/c1-3-4-7-16-8-5-6-13(16)12-9-11(2)14(17)15-10-12/h9-10,13H,3-8H2,1-2H3,(H,15,17)/t13-/m1/s1. The van der Waals surface area contributed by atoms with Gasteiger partial charge in [-0.05, 0) is 50.4 Å². The van der Waals surface area contributed by atoms with Crippen LogP contribution >= 0.6 is 12.2 Å². The highest BCUT2D eigenvalue weighted by atomic mass is 32.1. The number of likely N-dealkylation sites (tertiary alicyclic amines) is 1. The van der Waals surface area contributed by atoms with Crippen LogP contribution in [-0.2, 0) is 0 Å². The molecule has 1 fully saturated rings. The van der Waals surface area contributed by atoms with Gasteiger partial charge in [0.05, 0.1) is 0 Å². The molecule has 94 valence electrons. The number of aryl methyl sites for hydroxylation is 1. The molecule has 0 amide bonds. The number of hydrogen-bond donors (Lipinski definition) is 1. The van der Waals surface area contributed by atoms with Crippen LogP contribution in [0.15, 0.2) is 12.3 Å². The van der Waals surface area contributed by atoms with E-state index in [1.807, 2.05) is 0 Å². The number of nitrogens with zero attached hydrogens (tertiary/aromatic N) is 1. The maximum Gasteiger partial charge on any atom is 0.106 e. The Morgan fingerprint density at radius 1 is 1.53 bits per heavy atom. The van der Waals surface area contributed by atoms with Crippen molar-refractivity contribution in [1.82, 2.24) is 9.88 Å². The van der Waals surface area contributed by atoms with Gasteiger partial charge in [-0.3, -0.25) is 4.90 Å². The zero-order valence-electron chi connectivity index (χ0n) is 10.8. The second-order valence-corrected chi connectivity index (χ2v) is 5.40. The number of aromatic amines is 1. The summed E-state index contributed by atoms with van der Waals surface area (Å²) < 4.78 is 0.867. The Kier molecular flexibility index (Phi) is 4.35. The number of nitrogens with one attached hydrogen (secondary N) is 1. The number of H-pyrrole nitrogens is 1. The predicted octanol–water partition coefficient (Wildman–Crippen LogP) is 3.99. The molecule has 1 aliphatic heterocycles. The summed E-state index contributed by atoms with van der Waals surface area (Å²) in [5.74, 6) is 0. The van der Waals surface area contributed by atoms with Crippen molar-refractivity contribution in [3.8, 4) is 0 Å². The number of rotatable bonds is 4. The van der Waals surface area contributed by atoms with Crippen LogP contribution in [0, 0.1) is 11.6 Å². The van der Waals surface area contributed by atoms with E-state index in [1.54, 1.807) is 0 Å². The number of aromatic nitrogens is 1. The summed E-state index contributed by atoms with van der Waals surface area (Å²) in [5, 5.41) is 0. The molecule has 0 radical (unpaired) electrons. The van der Waals surface area contributed by atoms with Gasteiger partial charge in [0.25, 0.3) is 0 Å². The monoisotopic (exact) mass is 250 g/mol. The zero-order chi connectivity index (χ0) is 12.3. The molecule has 1 aliphatic rings. The van der Waals surface area contributed by atoms with Gasteiger partial charge in [0, 0.05) is 12.2 Å². The fourth-order valence-electron chi connectivity index (χ4n) is 2.64. The van der Waals surface area contributed by atoms with Gasteiger partial charge in [-0.2, -0.15) is 0 Å². The van der Waals surface area contributed by atoms with E-state index in [9.17, 15) is 0 Å². The third-order valence-corrected chi connectivity index (χ3v) is 4.10. The molecule has 1 aromatic rings. The Bertz CT molecular complexity index is 424. The first kappa shape index (κ1) is 12.8. The van der Waals surface area contributed by atoms with Gasteiger partial charge in [0.15, 0.2) is 0 Å². The lowest BCUT2D eigenvalue weighted by Gasteiger charge is -2.24. The van der Waals surface area contributed by atoms with Gasteiger partial charge < -0.3 is 4.98 Å². The van der Waals surface area contributed by atoms with Crippen molar-refractivity contribution < 1.29 is 0 Å². The van der Waals surface area contributed by atoms with E-state index in [2.05, 4.69) is 36.0 Å². The van der Waals surface area contributed by atoms with Crippen molar-refractivity contribution in [1.29, 1.82) is 0 Å². The topological polar surface area (TPSA) is 19.0 Å². The average Bonchev–Trinajstić information content (AvgIpc) is 2.78. The molecule has 0 aliphatic carbocycles. The molecule has 2 rings (SSSR count). The minimum Gasteiger partial charge on any atom is -0.352 e. The maximum atomic E-state index is 5.22. The first-order valence-corrected chi connectivity index (χ1v) is 7.06. The van der Waals surface area contributed by atoms with Gasteiger partial charge >= 0.3 is 0 Å². The lowest BCUT2D eigenvalue weighted by Crippen LogP contribution is -2.24. The molecule has 2 nitrogen and oxygen atoms in total. The predicted molar refractivity (Wildman–Crippen MR) is 74.8 cm³/mol. The summed E-state index contributed by atoms with van der Waals surface area (Å²) in [5.41, 5.74) is 2.60. The van der Waals surface area contributed by atoms with Crippen molar-refractivity contribution in [2.45, 2.75) is 45.6 Å². The first-order chi connectivity index (χ1) is 8.22. The average molecular weight is 250 g/mol. The molecule has 1 aromatic heterocycles. The third-order valence-electron chi connectivity index (χ3n) is 3.66. The molecule has 0 aromatic carbocycles. The van der Waals surface area contributed by atoms with Crippen LogP contribution in [0.1, 0.15) is 49.8 Å². The van der Waals surface area contributed by atoms with Crippen LogP contribution in [0.4, 0.5) is 0 Å². The maximum absolute atomic E-state index is 5.22. The van der Waals surface area contributed by atoms with Gasteiger partial charge in [0.1, 0.15) is 4.64 Å². The summed E-state index contributed by atoms with van der Waals surface area (Å²) in [6, 6.07) is 2.86. The van der Waals surface area contributed by atoms with Crippen LogP contribution in [-0.4, -0.2) is 23.0 Å². The van der Waals surface area contributed by atoms with Crippen LogP contribution in [0.5, 0.6) is 0 Å². The minimum atomic E-state index is 0.604. The van der Waals surface area contributed by atoms with Gasteiger partial charge in [-0.1, -0.05) is 31.6 Å². The third kappa shape index (κ3) is 2.96. The molecular formula is C14H22N2S. The second kappa shape index (κ2) is 5.78. The fourth-order valence-corrected chi connectivity index (χ4v) is 2.76. The van der Waals surface area contributed by atoms with Crippen molar-refractivity contribution in [2.75, 3.05) is 13.1 Å². The zero-order valence-corrected chi connectivity index (χ0v) is 11.6. The summed E-state index contributed by atoms with van der Waals surface area (Å²) in [6.45, 7) is 6.83. The summed E-state index contributed by atoms with van der Waals surface area (Å²) in [4.78, 5) is 5.83. The fraction of sp³-hybridized carbons (Fsp3) is 0.643. The van der Waals surface area contributed by atoms with Crippen LogP contribution < -0.4 is 0 Å². The minimum absolute atomic E-state index is 0.604. The van der Waals surface area contributed by atoms with E-state index in [0.29, 0.717) is 6.04 Å². The molecule has 2 heterocycles. The quantitative estimate of drug-likeness (QED) is 0.815. The Labute approximate surface area is 109 Å². The molecule has 0 saturated carbocycles. The highest BCUT2D eigenvalue weighted by Crippen LogP contribution is 2.31. The summed E-state index contributed by atoms with van der Waals surface area (Å²) >= 11 is 5.22. The highest BCUT2D eigenvalue weighted by molar-refractivity contribution is 7.71. The van der Waals surface area contributed by atoms with Crippen LogP contribution in [0.3, 0.4) is 0 Å². The van der Waals surface area contributed by atoms with E-state index in [0.717, 1.165) is 4.64 Å². The number of hydrogen-bond acceptors (Lipinski definition) is 2. The van der Waals surface area contributed by atoms with Gasteiger partial charge in [0.2, 0.25) is 0 Å². The molecule has 3 heteroatoms. The largest absolute Gasteiger partial charge is 0.352 e. The van der Waals surface area contributed by atoms with Crippen molar-refractivity contribution in [2.24, 2.45) is 0 Å². The molecule has 17 heavy (non-hydrogen) atoms. The number of pyridine rings is 1. The summed E-state index contributed by atoms with van der Waals surface area (Å²) in [6.07, 6.45) is 7.29. The molecule has 0 spiro atoms. The second-order valence-electron chi connectivity index (χ2n) is 4.99. The Morgan fingerprint density at radius 2 is 2.35 bits per heavy atom. The SMILES string of the molecule is CCCCN1CCC[C@@H]1c1c[nH]c(=S)c(C)c1. The molecule has 1 atom stereocenters. The van der Waals surface area contributed by atoms with E-state index in [1.165, 1.54) is 49.9 Å². The molecule has 1 N–H and O–H groups in total. The number of unbranched alkanes of at least 4 members (excludes halogenated alkanes) is 1. The lowest BCUT2D eigenvalue weighted by molar-refractivity contribution is 0.253. The van der Waals surface area contributed by atoms with Crippen molar-refractivity contribution >= 4 is 12.2 Å². The Morgan fingerprint density at radius 3 is 3.06 bits per heavy atom. The van der Waals surface area contributed by atoms with E-state index in [-0.39, 0.29) is 0 Å². The highest BCUT2D eigenvalue weighted by Gasteiger charge is 2.25. The molecule has 0 unspecified atom stereocenters. The van der Waals surface area contributed by atoms with E-state index < -0.39 is 0 Å². The van der Waals surface area contributed by atoms with E-state index >= 15 is 0 Å². The smallest absolute Gasteiger partial charge is 0.106 e. The van der Waals surface area contributed by atoms with Gasteiger partial charge in [-0.15, -0.1) is 0 Å². The Balaban J connectivity index is 2.14. The Hall–Kier alpha value is -0.670. The lowest BCUT2D eigenvalue weighted by atomic mass is 10.1. The van der Waals surface area contributed by atoms with Crippen molar-refractivity contribution in [3.63, 3.8) is 0 Å². The van der Waals surface area contributed by atoms with E-state index in [4.69, 9.17) is 12.2 Å². The first-order valence-electron chi connectivity index (χ1n) is 6.65. The van der Waals surface area contributed by atoms with Crippen molar-refractivity contribution in [3.05, 3.63) is 28.0 Å². The van der Waals surface area contributed by atoms with Gasteiger partial charge in [-0.25, -0.2) is 0 Å². The summed E-state index contributed by atoms with van der Waals surface area (Å²) in [7, 11) is 0. The molecule has 0 bridgehead atoms. The molecular weight excluding hydrogens is 228 g/mol. The van der Waals surface area contributed by atoms with Crippen LogP contribution in [0.2, 0.25) is 0 Å². The normalized spacial score (nSPS) is 20.9. The molecule has 1 saturated heterocycles.